The Bertz CT molecular complexity index is 718. The van der Waals surface area contributed by atoms with Gasteiger partial charge in [0.05, 0.1) is 6.10 Å². The van der Waals surface area contributed by atoms with Gasteiger partial charge < -0.3 is 15.2 Å². The maximum atomic E-state index is 12.0. The van der Waals surface area contributed by atoms with Crippen molar-refractivity contribution in [2.45, 2.75) is 32.8 Å². The van der Waals surface area contributed by atoms with E-state index >= 15 is 0 Å². The van der Waals surface area contributed by atoms with Crippen molar-refractivity contribution in [3.05, 3.63) is 59.7 Å². The number of ether oxygens (including phenoxy) is 1. The topological polar surface area (TPSA) is 58.6 Å². The van der Waals surface area contributed by atoms with Crippen LogP contribution in [-0.4, -0.2) is 30.5 Å². The van der Waals surface area contributed by atoms with Gasteiger partial charge in [-0.05, 0) is 27.7 Å². The molecule has 2 aromatic rings. The van der Waals surface area contributed by atoms with Crippen LogP contribution < -0.4 is 5.32 Å². The van der Waals surface area contributed by atoms with Crippen LogP contribution in [0.4, 0.5) is 4.79 Å². The molecule has 0 heterocycles. The molecule has 0 radical (unpaired) electrons. The summed E-state index contributed by atoms with van der Waals surface area (Å²) in [5, 5.41) is 12.7. The second-order valence-electron chi connectivity index (χ2n) is 7.59. The predicted molar refractivity (Wildman–Crippen MR) is 98.5 cm³/mol. The van der Waals surface area contributed by atoms with Crippen molar-refractivity contribution in [2.24, 2.45) is 5.41 Å². The quantitative estimate of drug-likeness (QED) is 0.887. The molecular weight excluding hydrogens is 314 g/mol. The number of rotatable bonds is 4. The van der Waals surface area contributed by atoms with Gasteiger partial charge in [0.25, 0.3) is 0 Å². The molecule has 132 valence electrons. The van der Waals surface area contributed by atoms with Crippen molar-refractivity contribution >= 4 is 6.09 Å². The molecular formula is C21H25NO3. The summed E-state index contributed by atoms with van der Waals surface area (Å²) >= 11 is 0. The van der Waals surface area contributed by atoms with Crippen molar-refractivity contribution in [1.29, 1.82) is 0 Å². The number of fused-ring (bicyclic) bond motifs is 3. The molecule has 0 aromatic heterocycles. The average Bonchev–Trinajstić information content (AvgIpc) is 2.91. The van der Waals surface area contributed by atoms with Gasteiger partial charge in [-0.2, -0.15) is 0 Å². The first-order valence-corrected chi connectivity index (χ1v) is 8.65. The van der Waals surface area contributed by atoms with E-state index in [0.717, 1.165) is 0 Å². The minimum Gasteiger partial charge on any atom is -0.449 e. The van der Waals surface area contributed by atoms with Crippen LogP contribution in [0, 0.1) is 5.41 Å². The lowest BCUT2D eigenvalue weighted by Gasteiger charge is -2.25. The van der Waals surface area contributed by atoms with E-state index in [-0.39, 0.29) is 24.5 Å². The highest BCUT2D eigenvalue weighted by atomic mass is 16.5. The van der Waals surface area contributed by atoms with Gasteiger partial charge in [0.1, 0.15) is 6.61 Å². The minimum atomic E-state index is -0.618. The molecule has 3 rings (SSSR count). The molecule has 1 amide bonds. The summed E-state index contributed by atoms with van der Waals surface area (Å²) in [6.45, 7) is 6.25. The molecule has 2 N–H and O–H groups in total. The van der Waals surface area contributed by atoms with Crippen LogP contribution in [0.5, 0.6) is 0 Å². The third-order valence-electron chi connectivity index (χ3n) is 4.78. The molecule has 1 aliphatic carbocycles. The zero-order valence-electron chi connectivity index (χ0n) is 15.0. The molecule has 0 aliphatic heterocycles. The molecule has 1 atom stereocenters. The Morgan fingerprint density at radius 1 is 1.08 bits per heavy atom. The van der Waals surface area contributed by atoms with Gasteiger partial charge >= 0.3 is 6.09 Å². The number of benzene rings is 2. The summed E-state index contributed by atoms with van der Waals surface area (Å²) in [5.74, 6) is 0.0469. The van der Waals surface area contributed by atoms with Gasteiger partial charge in [0.2, 0.25) is 0 Å². The predicted octanol–water partition coefficient (Wildman–Crippen LogP) is 3.93. The Kier molecular flexibility index (Phi) is 4.82. The van der Waals surface area contributed by atoms with Crippen LogP contribution in [0.1, 0.15) is 37.8 Å². The van der Waals surface area contributed by atoms with E-state index in [1.165, 1.54) is 22.3 Å². The molecule has 0 saturated carbocycles. The molecule has 0 spiro atoms. The van der Waals surface area contributed by atoms with Crippen molar-refractivity contribution in [1.82, 2.24) is 5.32 Å². The highest BCUT2D eigenvalue weighted by molar-refractivity contribution is 5.79. The van der Waals surface area contributed by atoms with Crippen LogP contribution in [0.15, 0.2) is 48.5 Å². The van der Waals surface area contributed by atoms with Crippen molar-refractivity contribution in [3.8, 4) is 11.1 Å². The third kappa shape index (κ3) is 3.69. The first kappa shape index (κ1) is 17.5. The SMILES string of the molecule is CC(C)(C)[C@H](O)CNC(=O)OCC1c2ccccc2-c2ccccc21. The number of aliphatic hydroxyl groups is 1. The molecule has 0 fully saturated rings. The normalized spacial score (nSPS) is 14.6. The molecule has 4 heteroatoms. The molecule has 1 aliphatic rings. The lowest BCUT2D eigenvalue weighted by molar-refractivity contribution is 0.0598. The zero-order valence-corrected chi connectivity index (χ0v) is 15.0. The molecule has 25 heavy (non-hydrogen) atoms. The fraction of sp³-hybridized carbons (Fsp3) is 0.381. The van der Waals surface area contributed by atoms with Crippen LogP contribution in [0.3, 0.4) is 0 Å². The van der Waals surface area contributed by atoms with E-state index in [0.29, 0.717) is 0 Å². The highest BCUT2D eigenvalue weighted by Gasteiger charge is 2.29. The summed E-state index contributed by atoms with van der Waals surface area (Å²) in [6.07, 6.45) is -1.11. The van der Waals surface area contributed by atoms with Gasteiger partial charge in [-0.25, -0.2) is 4.79 Å². The fourth-order valence-corrected chi connectivity index (χ4v) is 3.14. The molecule has 4 nitrogen and oxygen atoms in total. The summed E-state index contributed by atoms with van der Waals surface area (Å²) in [4.78, 5) is 12.0. The summed E-state index contributed by atoms with van der Waals surface area (Å²) in [6, 6.07) is 16.5. The highest BCUT2D eigenvalue weighted by Crippen LogP contribution is 2.44. The lowest BCUT2D eigenvalue weighted by atomic mass is 9.89. The third-order valence-corrected chi connectivity index (χ3v) is 4.78. The van der Waals surface area contributed by atoms with E-state index in [4.69, 9.17) is 4.74 Å². The van der Waals surface area contributed by atoms with Crippen LogP contribution >= 0.6 is 0 Å². The second kappa shape index (κ2) is 6.89. The maximum Gasteiger partial charge on any atom is 0.407 e. The summed E-state index contributed by atoms with van der Waals surface area (Å²) in [7, 11) is 0. The van der Waals surface area contributed by atoms with Gasteiger partial charge in [-0.1, -0.05) is 69.3 Å². The fourth-order valence-electron chi connectivity index (χ4n) is 3.14. The van der Waals surface area contributed by atoms with E-state index in [1.54, 1.807) is 0 Å². The van der Waals surface area contributed by atoms with Gasteiger partial charge in [-0.15, -0.1) is 0 Å². The number of amides is 1. The molecule has 0 saturated heterocycles. The van der Waals surface area contributed by atoms with E-state index in [1.807, 2.05) is 45.0 Å². The van der Waals surface area contributed by atoms with Crippen LogP contribution in [0.25, 0.3) is 11.1 Å². The number of nitrogens with one attached hydrogen (secondary N) is 1. The van der Waals surface area contributed by atoms with Crippen molar-refractivity contribution < 1.29 is 14.6 Å². The first-order chi connectivity index (χ1) is 11.9. The van der Waals surface area contributed by atoms with Crippen LogP contribution in [-0.2, 0) is 4.74 Å². The Balaban J connectivity index is 1.65. The number of carbonyl (C=O) groups excluding carboxylic acids is 1. The molecule has 0 unspecified atom stereocenters. The maximum absolute atomic E-state index is 12.0. The van der Waals surface area contributed by atoms with Crippen LogP contribution in [0.2, 0.25) is 0 Å². The first-order valence-electron chi connectivity index (χ1n) is 8.65. The smallest absolute Gasteiger partial charge is 0.407 e. The number of hydrogen-bond donors (Lipinski definition) is 2. The minimum absolute atomic E-state index is 0.0469. The Hall–Kier alpha value is -2.33. The molecule has 2 aromatic carbocycles. The number of hydrogen-bond acceptors (Lipinski definition) is 3. The molecule has 0 bridgehead atoms. The van der Waals surface area contributed by atoms with Gasteiger partial charge in [-0.3, -0.25) is 0 Å². The average molecular weight is 339 g/mol. The monoisotopic (exact) mass is 339 g/mol. The van der Waals surface area contributed by atoms with E-state index in [9.17, 15) is 9.90 Å². The van der Waals surface area contributed by atoms with Gasteiger partial charge in [0.15, 0.2) is 0 Å². The number of carbonyl (C=O) groups is 1. The Labute approximate surface area is 148 Å². The standard InChI is InChI=1S/C21H25NO3/c1-21(2,3)19(23)12-22-20(24)25-13-18-16-10-6-4-8-14(16)15-9-5-7-11-17(15)18/h4-11,18-19,23H,12-13H2,1-3H3,(H,22,24)/t19-/m1/s1. The Morgan fingerprint density at radius 2 is 1.60 bits per heavy atom. The Morgan fingerprint density at radius 3 is 2.12 bits per heavy atom. The number of aliphatic hydroxyl groups excluding tert-OH is 1. The van der Waals surface area contributed by atoms with E-state index in [2.05, 4.69) is 29.6 Å². The second-order valence-corrected chi connectivity index (χ2v) is 7.59. The van der Waals surface area contributed by atoms with Gasteiger partial charge in [0, 0.05) is 12.5 Å². The van der Waals surface area contributed by atoms with Crippen molar-refractivity contribution in [2.75, 3.05) is 13.2 Å². The lowest BCUT2D eigenvalue weighted by Crippen LogP contribution is -2.39. The largest absolute Gasteiger partial charge is 0.449 e. The summed E-state index contributed by atoms with van der Waals surface area (Å²) < 4.78 is 5.44. The number of alkyl carbamates (subject to hydrolysis) is 1. The van der Waals surface area contributed by atoms with Crippen molar-refractivity contribution in [3.63, 3.8) is 0 Å². The summed E-state index contributed by atoms with van der Waals surface area (Å²) in [5.41, 5.74) is 4.50. The van der Waals surface area contributed by atoms with E-state index < -0.39 is 12.2 Å². The zero-order chi connectivity index (χ0) is 18.0.